The van der Waals surface area contributed by atoms with Crippen molar-refractivity contribution in [2.24, 2.45) is 5.92 Å². The molecule has 112 valence electrons. The molecule has 1 aliphatic rings. The highest BCUT2D eigenvalue weighted by Crippen LogP contribution is 2.23. The Hall–Kier alpha value is -1.41. The van der Waals surface area contributed by atoms with Gasteiger partial charge in [0.25, 0.3) is 10.0 Å². The largest absolute Gasteiger partial charge is 0.481 e. The van der Waals surface area contributed by atoms with E-state index in [1.54, 1.807) is 11.5 Å². The number of carbonyl (C=O) groups is 1. The summed E-state index contributed by atoms with van der Waals surface area (Å²) in [6.45, 7) is 4.68. The summed E-state index contributed by atoms with van der Waals surface area (Å²) >= 11 is 0. The number of aromatic nitrogens is 2. The number of carboxylic acid groups (broad SMARTS) is 1. The molecule has 7 nitrogen and oxygen atoms in total. The van der Waals surface area contributed by atoms with E-state index >= 15 is 0 Å². The van der Waals surface area contributed by atoms with Crippen LogP contribution in [0.4, 0.5) is 0 Å². The Morgan fingerprint density at radius 2 is 2.25 bits per heavy atom. The van der Waals surface area contributed by atoms with Crippen LogP contribution in [0.1, 0.15) is 25.6 Å². The lowest BCUT2D eigenvalue weighted by Crippen LogP contribution is -2.42. The number of rotatable bonds is 4. The van der Waals surface area contributed by atoms with E-state index in [4.69, 9.17) is 5.11 Å². The lowest BCUT2D eigenvalue weighted by molar-refractivity contribution is -0.142. The van der Waals surface area contributed by atoms with E-state index in [0.29, 0.717) is 31.8 Å². The molecule has 1 N–H and O–H groups in total. The average molecular weight is 301 g/mol. The van der Waals surface area contributed by atoms with Gasteiger partial charge in [0.15, 0.2) is 5.03 Å². The Balaban J connectivity index is 2.27. The van der Waals surface area contributed by atoms with Gasteiger partial charge in [0.2, 0.25) is 0 Å². The minimum atomic E-state index is -3.70. The first kappa shape index (κ1) is 15.0. The quantitative estimate of drug-likeness (QED) is 0.883. The Morgan fingerprint density at radius 3 is 2.80 bits per heavy atom. The van der Waals surface area contributed by atoms with Crippen molar-refractivity contribution in [3.63, 3.8) is 0 Å². The molecular formula is C12H19N3O4S. The number of hydrogen-bond acceptors (Lipinski definition) is 4. The molecule has 0 saturated carbocycles. The second kappa shape index (κ2) is 5.53. The van der Waals surface area contributed by atoms with Gasteiger partial charge in [-0.05, 0) is 26.7 Å². The second-order valence-corrected chi connectivity index (χ2v) is 6.84. The molecule has 1 saturated heterocycles. The zero-order chi connectivity index (χ0) is 14.9. The summed E-state index contributed by atoms with van der Waals surface area (Å²) in [4.78, 5) is 15.1. The third-order valence-electron chi connectivity index (χ3n) is 3.63. The molecular weight excluding hydrogens is 282 g/mol. The predicted molar refractivity (Wildman–Crippen MR) is 71.8 cm³/mol. The Kier molecular flexibility index (Phi) is 4.14. The maximum Gasteiger partial charge on any atom is 0.307 e. The molecule has 1 aromatic rings. The summed E-state index contributed by atoms with van der Waals surface area (Å²) in [6, 6.07) is 0. The number of piperidine rings is 1. The number of aryl methyl sites for hydroxylation is 2. The molecule has 0 bridgehead atoms. The molecule has 0 aromatic carbocycles. The zero-order valence-corrected chi connectivity index (χ0v) is 12.4. The average Bonchev–Trinajstić information content (AvgIpc) is 2.81. The van der Waals surface area contributed by atoms with E-state index in [1.807, 2.05) is 6.92 Å². The Morgan fingerprint density at radius 1 is 1.55 bits per heavy atom. The first-order valence-corrected chi connectivity index (χ1v) is 8.07. The van der Waals surface area contributed by atoms with Crippen LogP contribution in [-0.2, 0) is 21.4 Å². The Bertz CT molecular complexity index is 608. The van der Waals surface area contributed by atoms with Crippen molar-refractivity contribution in [3.8, 4) is 0 Å². The van der Waals surface area contributed by atoms with Crippen LogP contribution in [0.5, 0.6) is 0 Å². The van der Waals surface area contributed by atoms with Crippen molar-refractivity contribution >= 4 is 16.0 Å². The molecule has 0 radical (unpaired) electrons. The van der Waals surface area contributed by atoms with Crippen LogP contribution < -0.4 is 0 Å². The molecule has 0 spiro atoms. The topological polar surface area (TPSA) is 92.5 Å². The van der Waals surface area contributed by atoms with E-state index in [2.05, 4.69) is 4.98 Å². The standard InChI is InChI=1S/C12H19N3O4S/c1-3-14-8-11(13-9(14)2)20(18,19)15-6-4-5-10(7-15)12(16)17/h8,10H,3-7H2,1-2H3,(H,16,17)/t10-/m0/s1. The monoisotopic (exact) mass is 301 g/mol. The van der Waals surface area contributed by atoms with Crippen LogP contribution in [0.25, 0.3) is 0 Å². The van der Waals surface area contributed by atoms with Gasteiger partial charge >= 0.3 is 5.97 Å². The smallest absolute Gasteiger partial charge is 0.307 e. The van der Waals surface area contributed by atoms with Crippen molar-refractivity contribution in [2.75, 3.05) is 13.1 Å². The van der Waals surface area contributed by atoms with Gasteiger partial charge in [-0.3, -0.25) is 4.79 Å². The minimum Gasteiger partial charge on any atom is -0.481 e. The van der Waals surface area contributed by atoms with E-state index in [1.165, 1.54) is 10.5 Å². The molecule has 0 amide bonds. The van der Waals surface area contributed by atoms with Gasteiger partial charge in [-0.25, -0.2) is 13.4 Å². The fraction of sp³-hybridized carbons (Fsp3) is 0.667. The highest BCUT2D eigenvalue weighted by atomic mass is 32.2. The molecule has 1 aromatic heterocycles. The van der Waals surface area contributed by atoms with Gasteiger partial charge in [-0.15, -0.1) is 0 Å². The summed E-state index contributed by atoms with van der Waals surface area (Å²) in [7, 11) is -3.70. The van der Waals surface area contributed by atoms with Crippen molar-refractivity contribution in [2.45, 2.75) is 38.3 Å². The SMILES string of the molecule is CCn1cc(S(=O)(=O)N2CCC[C@H](C(=O)O)C2)nc1C. The molecule has 8 heteroatoms. The fourth-order valence-corrected chi connectivity index (χ4v) is 3.94. The number of carboxylic acids is 1. The van der Waals surface area contributed by atoms with Gasteiger partial charge in [0, 0.05) is 25.8 Å². The maximum atomic E-state index is 12.5. The maximum absolute atomic E-state index is 12.5. The van der Waals surface area contributed by atoms with Gasteiger partial charge < -0.3 is 9.67 Å². The molecule has 20 heavy (non-hydrogen) atoms. The number of imidazole rings is 1. The summed E-state index contributed by atoms with van der Waals surface area (Å²) in [6.07, 6.45) is 2.59. The van der Waals surface area contributed by atoms with Gasteiger partial charge in [0.1, 0.15) is 5.82 Å². The predicted octanol–water partition coefficient (Wildman–Crippen LogP) is 0.697. The summed E-state index contributed by atoms with van der Waals surface area (Å²) < 4.78 is 28.0. The number of sulfonamides is 1. The second-order valence-electron chi connectivity index (χ2n) is 4.95. The first-order valence-electron chi connectivity index (χ1n) is 6.63. The summed E-state index contributed by atoms with van der Waals surface area (Å²) in [5, 5.41) is 9.04. The molecule has 2 heterocycles. The van der Waals surface area contributed by atoms with Gasteiger partial charge in [-0.2, -0.15) is 4.31 Å². The lowest BCUT2D eigenvalue weighted by atomic mass is 10.0. The van der Waals surface area contributed by atoms with Gasteiger partial charge in [-0.1, -0.05) is 0 Å². The molecule has 2 rings (SSSR count). The molecule has 0 aliphatic carbocycles. The highest BCUT2D eigenvalue weighted by molar-refractivity contribution is 7.89. The van der Waals surface area contributed by atoms with Crippen LogP contribution >= 0.6 is 0 Å². The van der Waals surface area contributed by atoms with Crippen LogP contribution in [-0.4, -0.2) is 46.4 Å². The first-order chi connectivity index (χ1) is 9.36. The molecule has 1 aliphatic heterocycles. The zero-order valence-electron chi connectivity index (χ0n) is 11.6. The van der Waals surface area contributed by atoms with Crippen molar-refractivity contribution in [1.82, 2.24) is 13.9 Å². The Labute approximate surface area is 118 Å². The van der Waals surface area contributed by atoms with E-state index < -0.39 is 21.9 Å². The summed E-state index contributed by atoms with van der Waals surface area (Å²) in [5.74, 6) is -0.939. The van der Waals surface area contributed by atoms with Crippen molar-refractivity contribution in [3.05, 3.63) is 12.0 Å². The fourth-order valence-electron chi connectivity index (χ4n) is 2.42. The normalized spacial score (nSPS) is 21.0. The van der Waals surface area contributed by atoms with E-state index in [0.717, 1.165) is 0 Å². The molecule has 0 unspecified atom stereocenters. The van der Waals surface area contributed by atoms with Crippen molar-refractivity contribution < 1.29 is 18.3 Å². The number of nitrogens with zero attached hydrogens (tertiary/aromatic N) is 3. The third-order valence-corrected chi connectivity index (χ3v) is 5.37. The lowest BCUT2D eigenvalue weighted by Gasteiger charge is -2.29. The minimum absolute atomic E-state index is 0.00267. The van der Waals surface area contributed by atoms with Gasteiger partial charge in [0.05, 0.1) is 5.92 Å². The van der Waals surface area contributed by atoms with Crippen LogP contribution in [0.3, 0.4) is 0 Å². The van der Waals surface area contributed by atoms with Crippen molar-refractivity contribution in [1.29, 1.82) is 0 Å². The summed E-state index contributed by atoms with van der Waals surface area (Å²) in [5.41, 5.74) is 0. The van der Waals surface area contributed by atoms with Crippen LogP contribution in [0, 0.1) is 12.8 Å². The third kappa shape index (κ3) is 2.71. The number of aliphatic carboxylic acids is 1. The van der Waals surface area contributed by atoms with E-state index in [9.17, 15) is 13.2 Å². The highest BCUT2D eigenvalue weighted by Gasteiger charge is 2.34. The molecule has 1 fully saturated rings. The van der Waals surface area contributed by atoms with Crippen LogP contribution in [0.2, 0.25) is 0 Å². The van der Waals surface area contributed by atoms with Crippen LogP contribution in [0.15, 0.2) is 11.2 Å². The number of hydrogen-bond donors (Lipinski definition) is 1. The molecule has 1 atom stereocenters. The van der Waals surface area contributed by atoms with E-state index in [-0.39, 0.29) is 11.6 Å².